The lowest BCUT2D eigenvalue weighted by Gasteiger charge is -2.48. The van der Waals surface area contributed by atoms with Gasteiger partial charge in [0.05, 0.1) is 18.1 Å². The van der Waals surface area contributed by atoms with E-state index < -0.39 is 6.10 Å². The van der Waals surface area contributed by atoms with E-state index in [2.05, 4.69) is 19.1 Å². The molecule has 0 spiro atoms. The molecule has 160 valence electrons. The number of halogens is 2. The summed E-state index contributed by atoms with van der Waals surface area (Å²) in [7, 11) is 0. The lowest BCUT2D eigenvalue weighted by molar-refractivity contribution is -0.131. The largest absolute Gasteiger partial charge is 0.388 e. The van der Waals surface area contributed by atoms with Crippen molar-refractivity contribution in [2.45, 2.75) is 38.3 Å². The fraction of sp³-hybridized carbons (Fsp3) is 0.269. The summed E-state index contributed by atoms with van der Waals surface area (Å²) in [6, 6.07) is 19.7. The maximum Gasteiger partial charge on any atom is 0.233 e. The van der Waals surface area contributed by atoms with Crippen molar-refractivity contribution < 1.29 is 18.7 Å². The third-order valence-electron chi connectivity index (χ3n) is 6.05. The normalized spacial score (nSPS) is 19.2. The van der Waals surface area contributed by atoms with Gasteiger partial charge in [0.25, 0.3) is 0 Å². The zero-order valence-corrected chi connectivity index (χ0v) is 17.3. The van der Waals surface area contributed by atoms with Gasteiger partial charge in [-0.2, -0.15) is 0 Å². The van der Waals surface area contributed by atoms with Crippen LogP contribution in [0.1, 0.15) is 48.6 Å². The number of hydrogen-bond acceptors (Lipinski definition) is 2. The molecule has 3 aromatic carbocycles. The highest BCUT2D eigenvalue weighted by molar-refractivity contribution is 6.03. The highest BCUT2D eigenvalue weighted by Gasteiger charge is 2.48. The standard InChI is InChI=1S/C26H25F2NO2/c1-2-17-3-5-19(6-4-17)25-23(15-16-24(30)18-7-9-20(27)10-8-18)26(31)29(25)22-13-11-21(28)12-14-22/h3-14,23-25,30H,2,15-16H2,1H3. The van der Waals surface area contributed by atoms with E-state index in [-0.39, 0.29) is 29.5 Å². The van der Waals surface area contributed by atoms with E-state index in [4.69, 9.17) is 0 Å². The molecule has 4 rings (SSSR count). The number of hydrogen-bond donors (Lipinski definition) is 1. The Morgan fingerprint density at radius 1 is 0.903 bits per heavy atom. The number of aryl methyl sites for hydroxylation is 1. The Kier molecular flexibility index (Phi) is 6.14. The van der Waals surface area contributed by atoms with E-state index in [1.54, 1.807) is 29.2 Å². The third kappa shape index (κ3) is 4.37. The minimum Gasteiger partial charge on any atom is -0.388 e. The second-order valence-electron chi connectivity index (χ2n) is 7.98. The second kappa shape index (κ2) is 8.98. The molecule has 31 heavy (non-hydrogen) atoms. The summed E-state index contributed by atoms with van der Waals surface area (Å²) in [6.07, 6.45) is 1.05. The predicted octanol–water partition coefficient (Wildman–Crippen LogP) is 5.75. The van der Waals surface area contributed by atoms with Crippen LogP contribution in [0.15, 0.2) is 72.8 Å². The van der Waals surface area contributed by atoms with E-state index in [0.29, 0.717) is 24.1 Å². The van der Waals surface area contributed by atoms with Gasteiger partial charge in [0.1, 0.15) is 11.6 Å². The van der Waals surface area contributed by atoms with Crippen LogP contribution in [0, 0.1) is 17.6 Å². The number of rotatable bonds is 7. The van der Waals surface area contributed by atoms with Crippen LogP contribution in [0.2, 0.25) is 0 Å². The Morgan fingerprint density at radius 3 is 2.06 bits per heavy atom. The first-order valence-electron chi connectivity index (χ1n) is 10.6. The summed E-state index contributed by atoms with van der Waals surface area (Å²) in [5.41, 5.74) is 3.52. The molecular weight excluding hydrogens is 396 g/mol. The molecule has 1 N–H and O–H groups in total. The van der Waals surface area contributed by atoms with Crippen LogP contribution in [-0.4, -0.2) is 11.0 Å². The third-order valence-corrected chi connectivity index (χ3v) is 6.05. The molecule has 1 saturated heterocycles. The molecule has 5 heteroatoms. The van der Waals surface area contributed by atoms with Crippen molar-refractivity contribution in [2.24, 2.45) is 5.92 Å². The molecule has 1 amide bonds. The van der Waals surface area contributed by atoms with E-state index >= 15 is 0 Å². The fourth-order valence-corrected chi connectivity index (χ4v) is 4.24. The van der Waals surface area contributed by atoms with Gasteiger partial charge in [-0.3, -0.25) is 4.79 Å². The number of amides is 1. The van der Waals surface area contributed by atoms with Crippen molar-refractivity contribution in [1.82, 2.24) is 0 Å². The van der Waals surface area contributed by atoms with Crippen molar-refractivity contribution >= 4 is 11.6 Å². The molecule has 3 aromatic rings. The molecule has 0 aliphatic carbocycles. The van der Waals surface area contributed by atoms with Gasteiger partial charge in [-0.25, -0.2) is 8.78 Å². The molecule has 0 aromatic heterocycles. The van der Waals surface area contributed by atoms with E-state index in [0.717, 1.165) is 12.0 Å². The van der Waals surface area contributed by atoms with Crippen molar-refractivity contribution in [1.29, 1.82) is 0 Å². The molecule has 3 unspecified atom stereocenters. The summed E-state index contributed by atoms with van der Waals surface area (Å²) in [5, 5.41) is 10.5. The second-order valence-corrected chi connectivity index (χ2v) is 7.98. The Morgan fingerprint density at radius 2 is 1.48 bits per heavy atom. The number of aliphatic hydroxyl groups is 1. The summed E-state index contributed by atoms with van der Waals surface area (Å²) >= 11 is 0. The number of nitrogens with zero attached hydrogens (tertiary/aromatic N) is 1. The molecule has 3 nitrogen and oxygen atoms in total. The zero-order valence-electron chi connectivity index (χ0n) is 17.3. The van der Waals surface area contributed by atoms with E-state index in [9.17, 15) is 18.7 Å². The lowest BCUT2D eigenvalue weighted by Crippen LogP contribution is -2.55. The summed E-state index contributed by atoms with van der Waals surface area (Å²) < 4.78 is 26.5. The topological polar surface area (TPSA) is 40.5 Å². The highest BCUT2D eigenvalue weighted by atomic mass is 19.1. The minimum absolute atomic E-state index is 0.0394. The quantitative estimate of drug-likeness (QED) is 0.494. The van der Waals surface area contributed by atoms with Gasteiger partial charge in [-0.1, -0.05) is 43.3 Å². The molecule has 1 aliphatic rings. The SMILES string of the molecule is CCc1ccc(C2C(CCC(O)c3ccc(F)cc3)C(=O)N2c2ccc(F)cc2)cc1. The maximum absolute atomic E-state index is 13.4. The smallest absolute Gasteiger partial charge is 0.233 e. The van der Waals surface area contributed by atoms with Crippen LogP contribution in [0.4, 0.5) is 14.5 Å². The molecule has 1 fully saturated rings. The van der Waals surface area contributed by atoms with Gasteiger partial charge in [0.15, 0.2) is 0 Å². The molecule has 0 saturated carbocycles. The van der Waals surface area contributed by atoms with Crippen LogP contribution in [-0.2, 0) is 11.2 Å². The van der Waals surface area contributed by atoms with Crippen molar-refractivity contribution in [3.63, 3.8) is 0 Å². The first-order chi connectivity index (χ1) is 15.0. The molecular formula is C26H25F2NO2. The number of carbonyl (C=O) groups excluding carboxylic acids is 1. The Bertz CT molecular complexity index is 1030. The van der Waals surface area contributed by atoms with Gasteiger partial charge >= 0.3 is 0 Å². The van der Waals surface area contributed by atoms with E-state index in [1.165, 1.54) is 29.8 Å². The number of β-lactam (4-membered cyclic amide) rings is 1. The molecule has 3 atom stereocenters. The average molecular weight is 421 g/mol. The van der Waals surface area contributed by atoms with Gasteiger partial charge in [0.2, 0.25) is 5.91 Å². The predicted molar refractivity (Wildman–Crippen MR) is 117 cm³/mol. The van der Waals surface area contributed by atoms with Crippen LogP contribution in [0.25, 0.3) is 0 Å². The molecule has 1 aliphatic heterocycles. The highest BCUT2D eigenvalue weighted by Crippen LogP contribution is 2.46. The lowest BCUT2D eigenvalue weighted by atomic mass is 9.78. The first kappa shape index (κ1) is 21.2. The van der Waals surface area contributed by atoms with Crippen LogP contribution in [0.5, 0.6) is 0 Å². The van der Waals surface area contributed by atoms with Crippen molar-refractivity contribution in [3.8, 4) is 0 Å². The van der Waals surface area contributed by atoms with Gasteiger partial charge in [-0.05, 0) is 72.4 Å². The number of benzene rings is 3. The van der Waals surface area contributed by atoms with Gasteiger partial charge in [0, 0.05) is 5.69 Å². The van der Waals surface area contributed by atoms with Crippen LogP contribution in [0.3, 0.4) is 0 Å². The summed E-state index contributed by atoms with van der Waals surface area (Å²) in [6.45, 7) is 2.09. The first-order valence-corrected chi connectivity index (χ1v) is 10.6. The number of aliphatic hydroxyl groups excluding tert-OH is 1. The van der Waals surface area contributed by atoms with Gasteiger partial charge < -0.3 is 10.0 Å². The molecule has 0 bridgehead atoms. The van der Waals surface area contributed by atoms with E-state index in [1.807, 2.05) is 12.1 Å². The summed E-state index contributed by atoms with van der Waals surface area (Å²) in [4.78, 5) is 14.8. The van der Waals surface area contributed by atoms with Crippen molar-refractivity contribution in [3.05, 3.63) is 101 Å². The molecule has 1 heterocycles. The number of anilines is 1. The Hall–Kier alpha value is -3.05. The number of carbonyl (C=O) groups is 1. The minimum atomic E-state index is -0.767. The Labute approximate surface area is 181 Å². The fourth-order valence-electron chi connectivity index (χ4n) is 4.24. The molecule has 0 radical (unpaired) electrons. The van der Waals surface area contributed by atoms with Crippen molar-refractivity contribution in [2.75, 3.05) is 4.90 Å². The van der Waals surface area contributed by atoms with Crippen LogP contribution >= 0.6 is 0 Å². The van der Waals surface area contributed by atoms with Gasteiger partial charge in [-0.15, -0.1) is 0 Å². The average Bonchev–Trinajstić information content (AvgIpc) is 2.79. The monoisotopic (exact) mass is 421 g/mol. The maximum atomic E-state index is 13.4. The van der Waals surface area contributed by atoms with Crippen LogP contribution < -0.4 is 4.90 Å². The zero-order chi connectivity index (χ0) is 22.0. The summed E-state index contributed by atoms with van der Waals surface area (Å²) in [5.74, 6) is -1.02. The Balaban J connectivity index is 1.55.